The van der Waals surface area contributed by atoms with Gasteiger partial charge < -0.3 is 9.90 Å². The summed E-state index contributed by atoms with van der Waals surface area (Å²) in [6.07, 6.45) is 0. The van der Waals surface area contributed by atoms with Crippen LogP contribution in [0.1, 0.15) is 48.5 Å². The van der Waals surface area contributed by atoms with E-state index in [2.05, 4.69) is 41.5 Å². The zero-order chi connectivity index (χ0) is 11.9. The Morgan fingerprint density at radius 1 is 0.929 bits per heavy atom. The molecule has 0 aliphatic carbocycles. The molecule has 0 heterocycles. The second-order valence-electron chi connectivity index (χ2n) is 4.46. The maximum atomic E-state index is 8.89. The van der Waals surface area contributed by atoms with Crippen LogP contribution in [0.5, 0.6) is 0 Å². The predicted molar refractivity (Wildman–Crippen MR) is 61.7 cm³/mol. The van der Waals surface area contributed by atoms with Crippen molar-refractivity contribution in [2.24, 2.45) is 0 Å². The maximum absolute atomic E-state index is 8.89. The third-order valence-corrected chi connectivity index (χ3v) is 10.4. The summed E-state index contributed by atoms with van der Waals surface area (Å²) in [7, 11) is 0. The summed E-state index contributed by atoms with van der Waals surface area (Å²) in [6.45, 7) is 15.4. The molecule has 0 aromatic rings. The Kier molecular flexibility index (Phi) is 9.79. The zero-order valence-electron chi connectivity index (χ0n) is 10.5. The first-order chi connectivity index (χ1) is 6.20. The fourth-order valence-electron chi connectivity index (χ4n) is 2.00. The van der Waals surface area contributed by atoms with Gasteiger partial charge >= 0.3 is 70.1 Å². The van der Waals surface area contributed by atoms with Gasteiger partial charge in [0.25, 0.3) is 0 Å². The van der Waals surface area contributed by atoms with E-state index in [9.17, 15) is 0 Å². The van der Waals surface area contributed by atoms with E-state index in [4.69, 9.17) is 9.90 Å². The second-order valence-corrected chi connectivity index (χ2v) is 13.8. The molecule has 0 atom stereocenters. The molecule has 84 valence electrons. The Morgan fingerprint density at radius 2 is 1.07 bits per heavy atom. The van der Waals surface area contributed by atoms with Crippen molar-refractivity contribution >= 4 is 20.3 Å². The van der Waals surface area contributed by atoms with Crippen LogP contribution in [0.3, 0.4) is 0 Å². The number of carbonyl (C=O) groups is 1. The van der Waals surface area contributed by atoms with Gasteiger partial charge in [-0.2, -0.15) is 0 Å². The number of hydrogen-bond acceptors (Lipinski definition) is 2. The quantitative estimate of drug-likeness (QED) is 0.732. The van der Waals surface area contributed by atoms with Crippen molar-refractivity contribution in [2.75, 3.05) is 0 Å². The summed E-state index contributed by atoms with van der Waals surface area (Å²) in [5.74, 6) is -1.08. The van der Waals surface area contributed by atoms with Gasteiger partial charge in [-0.15, -0.1) is 0 Å². The Bertz CT molecular complexity index is 130. The Morgan fingerprint density at radius 3 is 1.07 bits per heavy atom. The molecule has 0 aliphatic rings. The first kappa shape index (κ1) is 16.4. The van der Waals surface area contributed by atoms with Crippen LogP contribution in [0.2, 0.25) is 14.3 Å². The third-order valence-electron chi connectivity index (χ3n) is 2.00. The van der Waals surface area contributed by atoms with Crippen LogP contribution >= 0.6 is 0 Å². The molecule has 0 aromatic heterocycles. The fourth-order valence-corrected chi connectivity index (χ4v) is 10.4. The van der Waals surface area contributed by atoms with E-state index >= 15 is 0 Å². The van der Waals surface area contributed by atoms with E-state index in [1.165, 1.54) is 0 Å². The summed E-state index contributed by atoms with van der Waals surface area (Å²) in [4.78, 5) is 8.89. The number of carboxylic acids is 1. The molecule has 0 radical (unpaired) electrons. The summed E-state index contributed by atoms with van der Waals surface area (Å²) < 4.78 is 3.00. The van der Waals surface area contributed by atoms with Crippen molar-refractivity contribution in [3.05, 3.63) is 0 Å². The van der Waals surface area contributed by atoms with Crippen LogP contribution in [0.15, 0.2) is 0 Å². The van der Waals surface area contributed by atoms with Gasteiger partial charge in [0, 0.05) is 5.97 Å². The van der Waals surface area contributed by atoms with Crippen molar-refractivity contribution < 1.29 is 9.90 Å². The molecule has 0 N–H and O–H groups in total. The Hall–Kier alpha value is 0.0129. The van der Waals surface area contributed by atoms with Crippen LogP contribution in [-0.2, 0) is 4.79 Å². The zero-order valence-corrected chi connectivity index (χ0v) is 12.6. The van der Waals surface area contributed by atoms with Gasteiger partial charge in [0.1, 0.15) is 0 Å². The van der Waals surface area contributed by atoms with Gasteiger partial charge in [0.2, 0.25) is 0 Å². The predicted octanol–water partition coefficient (Wildman–Crippen LogP) is 2.47. The average molecular weight is 261 g/mol. The summed E-state index contributed by atoms with van der Waals surface area (Å²) in [5, 5.41) is 8.89. The second kappa shape index (κ2) is 8.33. The molecule has 2 nitrogen and oxygen atoms in total. The topological polar surface area (TPSA) is 40.1 Å². The molecule has 0 aromatic carbocycles. The first-order valence-electron chi connectivity index (χ1n) is 5.24. The van der Waals surface area contributed by atoms with Crippen molar-refractivity contribution in [1.29, 1.82) is 0 Å². The van der Waals surface area contributed by atoms with Crippen LogP contribution in [0.4, 0.5) is 0 Å². The number of aliphatic carboxylic acids is 1. The molecule has 0 saturated heterocycles. The molecule has 0 bridgehead atoms. The van der Waals surface area contributed by atoms with Crippen LogP contribution < -0.4 is 5.11 Å². The fraction of sp³-hybridized carbons (Fsp3) is 0.909. The standard InChI is InChI=1S/C9H21Ge.C2H4O2/c1-7(2)10(8(3)4)9(5)6;1-2(3)4/h7-9H,1-6H3;1H3,(H,3,4)/q+1;/p-1. The first-order valence-corrected chi connectivity index (χ1v) is 8.87. The number of carboxylic acid groups (broad SMARTS) is 1. The van der Waals surface area contributed by atoms with Gasteiger partial charge in [0.05, 0.1) is 0 Å². The van der Waals surface area contributed by atoms with Crippen LogP contribution in [0, 0.1) is 0 Å². The normalized spacial score (nSPS) is 10.1. The van der Waals surface area contributed by atoms with E-state index in [1.807, 2.05) is 0 Å². The van der Waals surface area contributed by atoms with E-state index in [-0.39, 0.29) is 0 Å². The van der Waals surface area contributed by atoms with Crippen LogP contribution in [-0.4, -0.2) is 20.3 Å². The van der Waals surface area contributed by atoms with Gasteiger partial charge in [-0.25, -0.2) is 0 Å². The molecule has 0 spiro atoms. The van der Waals surface area contributed by atoms with Gasteiger partial charge in [-0.1, -0.05) is 0 Å². The SMILES string of the molecule is CC(=O)[O-].C[CH](C)[Ge+]([CH](C)C)[CH](C)C. The van der Waals surface area contributed by atoms with Gasteiger partial charge in [-0.3, -0.25) is 0 Å². The molecule has 0 amide bonds. The monoisotopic (exact) mass is 262 g/mol. The third kappa shape index (κ3) is 10.1. The molecule has 0 unspecified atom stereocenters. The molecular weight excluding hydrogens is 237 g/mol. The molecule has 14 heavy (non-hydrogen) atoms. The minimum atomic E-state index is -1.08. The summed E-state index contributed by atoms with van der Waals surface area (Å²) >= 11 is -0.722. The number of carbonyl (C=O) groups excluding carboxylic acids is 1. The summed E-state index contributed by atoms with van der Waals surface area (Å²) in [6, 6.07) is 0. The van der Waals surface area contributed by atoms with Crippen molar-refractivity contribution in [3.63, 3.8) is 0 Å². The summed E-state index contributed by atoms with van der Waals surface area (Å²) in [5.41, 5.74) is 0. The van der Waals surface area contributed by atoms with Crippen molar-refractivity contribution in [3.8, 4) is 0 Å². The number of rotatable bonds is 3. The Labute approximate surface area is 93.2 Å². The molecule has 3 heteroatoms. The van der Waals surface area contributed by atoms with E-state index < -0.39 is 20.3 Å². The van der Waals surface area contributed by atoms with Crippen LogP contribution in [0.25, 0.3) is 0 Å². The minimum absolute atomic E-state index is 0.722. The van der Waals surface area contributed by atoms with Gasteiger partial charge in [0.15, 0.2) is 0 Å². The molecular formula is C11H24GeO2. The van der Waals surface area contributed by atoms with E-state index in [1.54, 1.807) is 0 Å². The average Bonchev–Trinajstić information content (AvgIpc) is 1.80. The van der Waals surface area contributed by atoms with E-state index in [0.29, 0.717) is 0 Å². The molecule has 0 saturated carbocycles. The molecule has 0 aliphatic heterocycles. The molecule has 0 fully saturated rings. The number of hydrogen-bond donors (Lipinski definition) is 0. The van der Waals surface area contributed by atoms with Gasteiger partial charge in [-0.05, 0) is 6.92 Å². The van der Waals surface area contributed by atoms with Crippen molar-refractivity contribution in [1.82, 2.24) is 0 Å². The van der Waals surface area contributed by atoms with E-state index in [0.717, 1.165) is 21.2 Å². The molecule has 0 rings (SSSR count). The van der Waals surface area contributed by atoms with Crippen molar-refractivity contribution in [2.45, 2.75) is 62.7 Å². The Balaban J connectivity index is 0.